The number of halogens is 1. The topological polar surface area (TPSA) is 72.1 Å². The van der Waals surface area contributed by atoms with Gasteiger partial charge in [-0.1, -0.05) is 5.16 Å². The molecule has 3 aromatic rings. The van der Waals surface area contributed by atoms with Crippen LogP contribution in [0, 0.1) is 25.6 Å². The van der Waals surface area contributed by atoms with E-state index in [4.69, 9.17) is 4.52 Å². The lowest BCUT2D eigenvalue weighted by Crippen LogP contribution is -2.28. The monoisotopic (exact) mass is 400 g/mol. The first-order valence-corrected chi connectivity index (χ1v) is 10.1. The van der Waals surface area contributed by atoms with Crippen molar-refractivity contribution in [2.24, 2.45) is 5.92 Å². The molecule has 4 rings (SSSR count). The minimum Gasteiger partial charge on any atom is -0.338 e. The summed E-state index contributed by atoms with van der Waals surface area (Å²) in [5, 5.41) is 4.95. The Bertz CT molecular complexity index is 983. The summed E-state index contributed by atoms with van der Waals surface area (Å²) >= 11 is 1.46. The summed E-state index contributed by atoms with van der Waals surface area (Å²) in [6, 6.07) is 5.98. The summed E-state index contributed by atoms with van der Waals surface area (Å²) in [4.78, 5) is 24.1. The largest absolute Gasteiger partial charge is 0.338 e. The van der Waals surface area contributed by atoms with E-state index < -0.39 is 0 Å². The molecule has 0 N–H and O–H groups in total. The lowest BCUT2D eigenvalue weighted by atomic mass is 10.0. The fourth-order valence-electron chi connectivity index (χ4n) is 3.52. The number of amides is 1. The first-order chi connectivity index (χ1) is 13.5. The standard InChI is InChI=1S/C20H21FN4O2S/c1-12-18(28-13(2)22-12)20(26)25-10-9-14(11-25)3-8-17-23-19(27-24-17)15-4-6-16(21)7-5-15/h4-7,14H,3,8-11H2,1-2H3. The van der Waals surface area contributed by atoms with Crippen LogP contribution >= 0.6 is 11.3 Å². The van der Waals surface area contributed by atoms with E-state index in [1.807, 2.05) is 18.7 Å². The molecular weight excluding hydrogens is 379 g/mol. The Kier molecular flexibility index (Phi) is 5.21. The molecule has 0 saturated carbocycles. The summed E-state index contributed by atoms with van der Waals surface area (Å²) in [6.07, 6.45) is 2.56. The molecule has 0 spiro atoms. The van der Waals surface area contributed by atoms with Gasteiger partial charge in [-0.05, 0) is 56.9 Å². The number of hydrogen-bond acceptors (Lipinski definition) is 6. The van der Waals surface area contributed by atoms with Gasteiger partial charge in [-0.3, -0.25) is 4.79 Å². The Morgan fingerprint density at radius 3 is 2.79 bits per heavy atom. The molecule has 0 aliphatic carbocycles. The second kappa shape index (κ2) is 7.79. The van der Waals surface area contributed by atoms with Crippen molar-refractivity contribution in [3.05, 3.63) is 51.5 Å². The van der Waals surface area contributed by atoms with E-state index in [2.05, 4.69) is 15.1 Å². The number of benzene rings is 1. The SMILES string of the molecule is Cc1nc(C)c(C(=O)N2CCC(CCc3noc(-c4ccc(F)cc4)n3)C2)s1. The lowest BCUT2D eigenvalue weighted by Gasteiger charge is -2.15. The Morgan fingerprint density at radius 2 is 2.07 bits per heavy atom. The maximum atomic E-state index is 13.0. The predicted molar refractivity (Wildman–Crippen MR) is 104 cm³/mol. The molecule has 3 heterocycles. The number of hydrogen-bond donors (Lipinski definition) is 0. The molecule has 1 saturated heterocycles. The van der Waals surface area contributed by atoms with Gasteiger partial charge in [-0.2, -0.15) is 4.98 Å². The van der Waals surface area contributed by atoms with Crippen molar-refractivity contribution < 1.29 is 13.7 Å². The van der Waals surface area contributed by atoms with Gasteiger partial charge < -0.3 is 9.42 Å². The van der Waals surface area contributed by atoms with E-state index in [1.165, 1.54) is 23.5 Å². The average Bonchev–Trinajstić information content (AvgIpc) is 3.40. The molecule has 0 bridgehead atoms. The average molecular weight is 400 g/mol. The lowest BCUT2D eigenvalue weighted by molar-refractivity contribution is 0.0790. The Labute approximate surface area is 166 Å². The summed E-state index contributed by atoms with van der Waals surface area (Å²) < 4.78 is 18.3. The van der Waals surface area contributed by atoms with Gasteiger partial charge in [0.2, 0.25) is 0 Å². The zero-order valence-corrected chi connectivity index (χ0v) is 16.6. The molecule has 28 heavy (non-hydrogen) atoms. The fraction of sp³-hybridized carbons (Fsp3) is 0.400. The smallest absolute Gasteiger partial charge is 0.265 e. The first-order valence-electron chi connectivity index (χ1n) is 9.31. The third-order valence-corrected chi connectivity index (χ3v) is 6.07. The van der Waals surface area contributed by atoms with Crippen molar-refractivity contribution in [2.45, 2.75) is 33.1 Å². The molecule has 1 unspecified atom stereocenters. The van der Waals surface area contributed by atoms with Gasteiger partial charge >= 0.3 is 0 Å². The highest BCUT2D eigenvalue weighted by molar-refractivity contribution is 7.13. The van der Waals surface area contributed by atoms with E-state index in [0.717, 1.165) is 41.5 Å². The van der Waals surface area contributed by atoms with Crippen LogP contribution in [0.3, 0.4) is 0 Å². The van der Waals surface area contributed by atoms with Crippen LogP contribution in [-0.2, 0) is 6.42 Å². The van der Waals surface area contributed by atoms with E-state index >= 15 is 0 Å². The summed E-state index contributed by atoms with van der Waals surface area (Å²) in [7, 11) is 0. The molecular formula is C20H21FN4O2S. The van der Waals surface area contributed by atoms with Gasteiger partial charge in [0.15, 0.2) is 5.82 Å². The van der Waals surface area contributed by atoms with Crippen molar-refractivity contribution in [1.29, 1.82) is 0 Å². The molecule has 2 aromatic heterocycles. The first kappa shape index (κ1) is 18.7. The second-order valence-corrected chi connectivity index (χ2v) is 8.32. The van der Waals surface area contributed by atoms with Crippen molar-refractivity contribution in [3.8, 4) is 11.5 Å². The molecule has 1 aromatic carbocycles. The molecule has 146 valence electrons. The highest BCUT2D eigenvalue weighted by atomic mass is 32.1. The van der Waals surface area contributed by atoms with E-state index in [1.54, 1.807) is 12.1 Å². The fourth-order valence-corrected chi connectivity index (χ4v) is 4.41. The Hall–Kier alpha value is -2.61. The van der Waals surface area contributed by atoms with Gasteiger partial charge in [-0.25, -0.2) is 9.37 Å². The third kappa shape index (κ3) is 3.96. The van der Waals surface area contributed by atoms with Crippen molar-refractivity contribution >= 4 is 17.2 Å². The number of aryl methyl sites for hydroxylation is 3. The molecule has 1 aliphatic heterocycles. The quantitative estimate of drug-likeness (QED) is 0.646. The maximum Gasteiger partial charge on any atom is 0.265 e. The molecule has 1 amide bonds. The minimum atomic E-state index is -0.299. The summed E-state index contributed by atoms with van der Waals surface area (Å²) in [5.74, 6) is 1.25. The number of nitrogens with zero attached hydrogens (tertiary/aromatic N) is 4. The molecule has 0 radical (unpaired) electrons. The molecule has 6 nitrogen and oxygen atoms in total. The second-order valence-electron chi connectivity index (χ2n) is 7.11. The number of carbonyl (C=O) groups is 1. The van der Waals surface area contributed by atoms with Crippen LogP contribution < -0.4 is 0 Å². The van der Waals surface area contributed by atoms with Crippen LogP contribution in [0.1, 0.15) is 39.0 Å². The van der Waals surface area contributed by atoms with E-state index in [0.29, 0.717) is 29.6 Å². The summed E-state index contributed by atoms with van der Waals surface area (Å²) in [5.41, 5.74) is 1.52. The van der Waals surface area contributed by atoms with Gasteiger partial charge in [0.25, 0.3) is 11.8 Å². The zero-order valence-electron chi connectivity index (χ0n) is 15.8. The number of carbonyl (C=O) groups excluding carboxylic acids is 1. The molecule has 1 aliphatic rings. The Balaban J connectivity index is 1.32. The van der Waals surface area contributed by atoms with Crippen LogP contribution in [0.5, 0.6) is 0 Å². The predicted octanol–water partition coefficient (Wildman–Crippen LogP) is 4.04. The van der Waals surface area contributed by atoms with Crippen LogP contribution in [0.2, 0.25) is 0 Å². The van der Waals surface area contributed by atoms with Crippen LogP contribution in [0.15, 0.2) is 28.8 Å². The van der Waals surface area contributed by atoms with Crippen LogP contribution in [-0.4, -0.2) is 39.0 Å². The van der Waals surface area contributed by atoms with Crippen molar-refractivity contribution in [2.75, 3.05) is 13.1 Å². The Morgan fingerprint density at radius 1 is 1.29 bits per heavy atom. The third-order valence-electron chi connectivity index (χ3n) is 5.01. The van der Waals surface area contributed by atoms with E-state index in [9.17, 15) is 9.18 Å². The molecule has 1 atom stereocenters. The molecule has 8 heteroatoms. The maximum absolute atomic E-state index is 13.0. The van der Waals surface area contributed by atoms with Gasteiger partial charge in [0.05, 0.1) is 10.7 Å². The summed E-state index contributed by atoms with van der Waals surface area (Å²) in [6.45, 7) is 5.33. The van der Waals surface area contributed by atoms with Gasteiger partial charge in [0, 0.05) is 25.1 Å². The highest BCUT2D eigenvalue weighted by Gasteiger charge is 2.29. The van der Waals surface area contributed by atoms with E-state index in [-0.39, 0.29) is 11.7 Å². The van der Waals surface area contributed by atoms with Crippen LogP contribution in [0.4, 0.5) is 4.39 Å². The number of aromatic nitrogens is 3. The van der Waals surface area contributed by atoms with Gasteiger partial charge in [0.1, 0.15) is 10.7 Å². The normalized spacial score (nSPS) is 16.7. The zero-order chi connectivity index (χ0) is 19.7. The van der Waals surface area contributed by atoms with Gasteiger partial charge in [-0.15, -0.1) is 11.3 Å². The number of rotatable bonds is 5. The number of thiazole rings is 1. The van der Waals surface area contributed by atoms with Crippen molar-refractivity contribution in [3.63, 3.8) is 0 Å². The van der Waals surface area contributed by atoms with Crippen LogP contribution in [0.25, 0.3) is 11.5 Å². The highest BCUT2D eigenvalue weighted by Crippen LogP contribution is 2.26. The van der Waals surface area contributed by atoms with Crippen molar-refractivity contribution in [1.82, 2.24) is 20.0 Å². The minimum absolute atomic E-state index is 0.0868. The number of likely N-dealkylation sites (tertiary alicyclic amines) is 1. The molecule has 1 fully saturated rings.